The van der Waals surface area contributed by atoms with Gasteiger partial charge in [-0.05, 0) is 19.1 Å². The summed E-state index contributed by atoms with van der Waals surface area (Å²) in [6.45, 7) is 1.93. The topological polar surface area (TPSA) is 9.23 Å². The van der Waals surface area contributed by atoms with Gasteiger partial charge in [0.2, 0.25) is 0 Å². The lowest BCUT2D eigenvalue weighted by molar-refractivity contribution is 0.229. The van der Waals surface area contributed by atoms with Gasteiger partial charge in [0.1, 0.15) is 6.10 Å². The lowest BCUT2D eigenvalue weighted by Crippen LogP contribution is -1.97. The molecule has 0 saturated carbocycles. The van der Waals surface area contributed by atoms with E-state index in [1.165, 1.54) is 0 Å². The van der Waals surface area contributed by atoms with E-state index in [2.05, 4.69) is 0 Å². The van der Waals surface area contributed by atoms with Gasteiger partial charge in [0, 0.05) is 0 Å². The standard InChI is InChI=1S/C8H10O/c1-2-7-9-8-5-3-4-6-8/h2-8H,1H3. The van der Waals surface area contributed by atoms with Crippen LogP contribution < -0.4 is 0 Å². The van der Waals surface area contributed by atoms with Crippen LogP contribution >= 0.6 is 0 Å². The Hall–Kier alpha value is -0.980. The van der Waals surface area contributed by atoms with Crippen LogP contribution in [-0.4, -0.2) is 6.10 Å². The Labute approximate surface area is 55.3 Å². The van der Waals surface area contributed by atoms with Gasteiger partial charge >= 0.3 is 0 Å². The van der Waals surface area contributed by atoms with E-state index in [0.717, 1.165) is 0 Å². The maximum Gasteiger partial charge on any atom is 0.135 e. The van der Waals surface area contributed by atoms with Gasteiger partial charge in [-0.3, -0.25) is 0 Å². The predicted octanol–water partition coefficient (Wildman–Crippen LogP) is 2.03. The number of hydrogen-bond donors (Lipinski definition) is 0. The molecule has 1 aliphatic rings. The second-order valence-corrected chi connectivity index (χ2v) is 1.84. The van der Waals surface area contributed by atoms with E-state index in [0.29, 0.717) is 0 Å². The van der Waals surface area contributed by atoms with Gasteiger partial charge in [0.05, 0.1) is 6.26 Å². The average molecular weight is 122 g/mol. The Morgan fingerprint density at radius 1 is 1.33 bits per heavy atom. The van der Waals surface area contributed by atoms with Gasteiger partial charge in [0.25, 0.3) is 0 Å². The van der Waals surface area contributed by atoms with E-state index in [-0.39, 0.29) is 6.10 Å². The maximum atomic E-state index is 5.20. The highest BCUT2D eigenvalue weighted by Gasteiger charge is 1.98. The van der Waals surface area contributed by atoms with Crippen LogP contribution in [0, 0.1) is 0 Å². The van der Waals surface area contributed by atoms with Crippen molar-refractivity contribution in [3.05, 3.63) is 36.6 Å². The highest BCUT2D eigenvalue weighted by Crippen LogP contribution is 2.03. The molecule has 0 radical (unpaired) electrons. The van der Waals surface area contributed by atoms with Crippen molar-refractivity contribution in [2.45, 2.75) is 13.0 Å². The molecule has 1 nitrogen and oxygen atoms in total. The molecule has 0 aliphatic heterocycles. The molecule has 0 spiro atoms. The molecule has 0 aromatic carbocycles. The molecule has 1 rings (SSSR count). The summed E-state index contributed by atoms with van der Waals surface area (Å²) >= 11 is 0. The Morgan fingerprint density at radius 3 is 2.56 bits per heavy atom. The highest BCUT2D eigenvalue weighted by molar-refractivity contribution is 5.19. The average Bonchev–Trinajstić information content (AvgIpc) is 2.34. The molecule has 48 valence electrons. The second-order valence-electron chi connectivity index (χ2n) is 1.84. The van der Waals surface area contributed by atoms with Crippen molar-refractivity contribution >= 4 is 0 Å². The molecule has 0 amide bonds. The molecule has 0 heterocycles. The fourth-order valence-electron chi connectivity index (χ4n) is 0.671. The van der Waals surface area contributed by atoms with Crippen LogP contribution in [0.4, 0.5) is 0 Å². The van der Waals surface area contributed by atoms with E-state index in [4.69, 9.17) is 4.74 Å². The molecule has 0 bridgehead atoms. The SMILES string of the molecule is CC=COC1C=CC=C1. The van der Waals surface area contributed by atoms with Gasteiger partial charge < -0.3 is 4.74 Å². The summed E-state index contributed by atoms with van der Waals surface area (Å²) in [7, 11) is 0. The number of ether oxygens (including phenoxy) is 1. The first-order valence-corrected chi connectivity index (χ1v) is 3.05. The summed E-state index contributed by atoms with van der Waals surface area (Å²) in [6.07, 6.45) is 11.7. The summed E-state index contributed by atoms with van der Waals surface area (Å²) < 4.78 is 5.20. The zero-order valence-corrected chi connectivity index (χ0v) is 5.45. The molecule has 0 fully saturated rings. The second kappa shape index (κ2) is 3.13. The minimum atomic E-state index is 0.168. The van der Waals surface area contributed by atoms with Gasteiger partial charge in [0.15, 0.2) is 0 Å². The van der Waals surface area contributed by atoms with Gasteiger partial charge in [-0.2, -0.15) is 0 Å². The molecule has 1 heteroatoms. The zero-order chi connectivity index (χ0) is 6.53. The van der Waals surface area contributed by atoms with Gasteiger partial charge in [-0.25, -0.2) is 0 Å². The van der Waals surface area contributed by atoms with Crippen molar-refractivity contribution in [1.82, 2.24) is 0 Å². The summed E-state index contributed by atoms with van der Waals surface area (Å²) in [6, 6.07) is 0. The monoisotopic (exact) mass is 122 g/mol. The van der Waals surface area contributed by atoms with E-state index >= 15 is 0 Å². The van der Waals surface area contributed by atoms with Crippen LogP contribution in [0.15, 0.2) is 36.6 Å². The summed E-state index contributed by atoms with van der Waals surface area (Å²) in [5.41, 5.74) is 0. The molecule has 1 aliphatic carbocycles. The van der Waals surface area contributed by atoms with Crippen LogP contribution in [0.5, 0.6) is 0 Å². The first-order chi connectivity index (χ1) is 4.43. The van der Waals surface area contributed by atoms with Gasteiger partial charge in [-0.15, -0.1) is 0 Å². The van der Waals surface area contributed by atoms with Crippen LogP contribution in [0.2, 0.25) is 0 Å². The zero-order valence-electron chi connectivity index (χ0n) is 5.45. The Balaban J connectivity index is 2.29. The quantitative estimate of drug-likeness (QED) is 0.509. The Morgan fingerprint density at radius 2 is 2.00 bits per heavy atom. The molecule has 9 heavy (non-hydrogen) atoms. The molecule has 0 saturated heterocycles. The lowest BCUT2D eigenvalue weighted by Gasteiger charge is -2.02. The largest absolute Gasteiger partial charge is 0.490 e. The van der Waals surface area contributed by atoms with Gasteiger partial charge in [-0.1, -0.05) is 18.2 Å². The Bertz CT molecular complexity index is 142. The van der Waals surface area contributed by atoms with Crippen molar-refractivity contribution in [2.24, 2.45) is 0 Å². The molecule has 0 unspecified atom stereocenters. The number of hydrogen-bond acceptors (Lipinski definition) is 1. The number of rotatable bonds is 2. The summed E-state index contributed by atoms with van der Waals surface area (Å²) in [5, 5.41) is 0. The van der Waals surface area contributed by atoms with Crippen LogP contribution in [-0.2, 0) is 4.74 Å². The van der Waals surface area contributed by atoms with Crippen LogP contribution in [0.3, 0.4) is 0 Å². The van der Waals surface area contributed by atoms with Crippen molar-refractivity contribution in [3.8, 4) is 0 Å². The van der Waals surface area contributed by atoms with Crippen LogP contribution in [0.25, 0.3) is 0 Å². The first kappa shape index (κ1) is 6.14. The van der Waals surface area contributed by atoms with Crippen molar-refractivity contribution in [2.75, 3.05) is 0 Å². The first-order valence-electron chi connectivity index (χ1n) is 3.05. The molecular weight excluding hydrogens is 112 g/mol. The molecule has 0 aromatic rings. The highest BCUT2D eigenvalue weighted by atomic mass is 16.5. The van der Waals surface area contributed by atoms with E-state index in [1.807, 2.05) is 37.3 Å². The lowest BCUT2D eigenvalue weighted by atomic mass is 10.4. The smallest absolute Gasteiger partial charge is 0.135 e. The Kier molecular flexibility index (Phi) is 2.13. The normalized spacial score (nSPS) is 17.9. The summed E-state index contributed by atoms with van der Waals surface area (Å²) in [5.74, 6) is 0. The minimum Gasteiger partial charge on any atom is -0.490 e. The van der Waals surface area contributed by atoms with Crippen LogP contribution in [0.1, 0.15) is 6.92 Å². The maximum absolute atomic E-state index is 5.20. The van der Waals surface area contributed by atoms with E-state index < -0.39 is 0 Å². The number of allylic oxidation sites excluding steroid dienone is 3. The minimum absolute atomic E-state index is 0.168. The van der Waals surface area contributed by atoms with E-state index in [9.17, 15) is 0 Å². The molecule has 0 N–H and O–H groups in total. The fourth-order valence-corrected chi connectivity index (χ4v) is 0.671. The van der Waals surface area contributed by atoms with E-state index in [1.54, 1.807) is 6.26 Å². The fraction of sp³-hybridized carbons (Fsp3) is 0.250. The third-order valence-electron chi connectivity index (χ3n) is 1.08. The molecule has 0 atom stereocenters. The van der Waals surface area contributed by atoms with Crippen molar-refractivity contribution in [1.29, 1.82) is 0 Å². The molecule has 0 aromatic heterocycles. The third kappa shape index (κ3) is 1.76. The third-order valence-corrected chi connectivity index (χ3v) is 1.08. The predicted molar refractivity (Wildman–Crippen MR) is 38.0 cm³/mol. The van der Waals surface area contributed by atoms with Crippen molar-refractivity contribution < 1.29 is 4.74 Å². The summed E-state index contributed by atoms with van der Waals surface area (Å²) in [4.78, 5) is 0. The molecular formula is C8H10O. The van der Waals surface area contributed by atoms with Crippen molar-refractivity contribution in [3.63, 3.8) is 0 Å².